The van der Waals surface area contributed by atoms with Crippen molar-refractivity contribution in [2.24, 2.45) is 0 Å². The van der Waals surface area contributed by atoms with Crippen LogP contribution in [-0.4, -0.2) is 27.9 Å². The van der Waals surface area contributed by atoms with Gasteiger partial charge in [-0.1, -0.05) is 57.1 Å². The van der Waals surface area contributed by atoms with Crippen molar-refractivity contribution in [2.75, 3.05) is 0 Å². The Hall–Kier alpha value is -2.82. The summed E-state index contributed by atoms with van der Waals surface area (Å²) < 4.78 is 5.88. The van der Waals surface area contributed by atoms with Crippen molar-refractivity contribution in [3.63, 3.8) is 0 Å². The van der Waals surface area contributed by atoms with Gasteiger partial charge in [-0.2, -0.15) is 0 Å². The molecule has 174 valence electrons. The first-order chi connectivity index (χ1) is 15.4. The van der Waals surface area contributed by atoms with Crippen LogP contribution < -0.4 is 0 Å². The van der Waals surface area contributed by atoms with Crippen LogP contribution in [0.1, 0.15) is 99.3 Å². The highest BCUT2D eigenvalue weighted by Crippen LogP contribution is 2.36. The normalized spacial score (nSPS) is 14.3. The van der Waals surface area contributed by atoms with Crippen molar-refractivity contribution in [3.8, 4) is 11.5 Å². The third-order valence-electron chi connectivity index (χ3n) is 5.58. The average molecular weight is 441 g/mol. The summed E-state index contributed by atoms with van der Waals surface area (Å²) >= 11 is 0. The molecular weight excluding hydrogens is 404 g/mol. The molecule has 1 aliphatic rings. The quantitative estimate of drug-likeness (QED) is 0.152. The Kier molecular flexibility index (Phi) is 10.3. The molecule has 0 heterocycles. The largest absolute Gasteiger partial charge is 0.507 e. The number of phenolic OH excluding ortho intramolecular Hbond substituents is 2. The molecule has 2 N–H and O–H groups in total. The maximum atomic E-state index is 13.1. The van der Waals surface area contributed by atoms with E-state index in [0.717, 1.165) is 18.4 Å². The van der Waals surface area contributed by atoms with Crippen LogP contribution in [0, 0.1) is 0 Å². The second kappa shape index (κ2) is 12.9. The molecule has 0 saturated carbocycles. The van der Waals surface area contributed by atoms with Crippen molar-refractivity contribution >= 4 is 11.6 Å². The Morgan fingerprint density at radius 3 is 2.25 bits per heavy atom. The zero-order chi connectivity index (χ0) is 23.5. The van der Waals surface area contributed by atoms with E-state index in [2.05, 4.69) is 6.92 Å². The molecule has 1 aromatic carbocycles. The van der Waals surface area contributed by atoms with Crippen LogP contribution >= 0.6 is 0 Å². The molecule has 0 saturated heterocycles. The van der Waals surface area contributed by atoms with Gasteiger partial charge >= 0.3 is 0 Å². The number of ether oxygens (including phenoxy) is 1. The first-order valence-corrected chi connectivity index (χ1v) is 11.7. The fourth-order valence-corrected chi connectivity index (χ4v) is 3.76. The maximum absolute atomic E-state index is 13.1. The van der Waals surface area contributed by atoms with E-state index in [4.69, 9.17) is 4.74 Å². The second-order valence-electron chi connectivity index (χ2n) is 8.57. The third-order valence-corrected chi connectivity index (χ3v) is 5.58. The number of fused-ring (bicyclic) bond motifs is 1. The number of phenols is 2. The SMILES string of the molecule is CCCCCCCCC/C=C/OC(CC=C(C)C)C1=CC(=O)c2c(O)ccc(O)c2C1=O. The highest BCUT2D eigenvalue weighted by molar-refractivity contribution is 6.27. The van der Waals surface area contributed by atoms with Crippen molar-refractivity contribution in [1.29, 1.82) is 0 Å². The monoisotopic (exact) mass is 440 g/mol. The molecule has 5 heteroatoms. The van der Waals surface area contributed by atoms with Crippen molar-refractivity contribution in [3.05, 3.63) is 58.9 Å². The van der Waals surface area contributed by atoms with Gasteiger partial charge in [-0.05, 0) is 51.0 Å². The summed E-state index contributed by atoms with van der Waals surface area (Å²) in [5.74, 6) is -1.65. The first-order valence-electron chi connectivity index (χ1n) is 11.7. The minimum Gasteiger partial charge on any atom is -0.507 e. The van der Waals surface area contributed by atoms with Crippen molar-refractivity contribution < 1.29 is 24.5 Å². The number of allylic oxidation sites excluding steroid dienone is 3. The number of carbonyl (C=O) groups is 2. The summed E-state index contributed by atoms with van der Waals surface area (Å²) in [6, 6.07) is 2.43. The number of carbonyl (C=O) groups excluding carboxylic acids is 2. The standard InChI is InChI=1S/C27H36O5/c1-4-5-6-7-8-9-10-11-12-17-32-24(16-13-19(2)3)20-18-23(30)25-21(28)14-15-22(29)26(25)27(20)31/h12-15,17-18,24,28-29H,4-11,16H2,1-3H3/b17-12+. The molecule has 32 heavy (non-hydrogen) atoms. The Morgan fingerprint density at radius 1 is 0.969 bits per heavy atom. The summed E-state index contributed by atoms with van der Waals surface area (Å²) in [7, 11) is 0. The number of rotatable bonds is 13. The number of unbranched alkanes of at least 4 members (excludes halogenated alkanes) is 7. The van der Waals surface area contributed by atoms with Gasteiger partial charge in [-0.15, -0.1) is 0 Å². The van der Waals surface area contributed by atoms with Crippen LogP contribution in [0.3, 0.4) is 0 Å². The van der Waals surface area contributed by atoms with Crippen LogP contribution in [0.2, 0.25) is 0 Å². The Morgan fingerprint density at radius 2 is 1.59 bits per heavy atom. The van der Waals surface area contributed by atoms with Crippen LogP contribution in [0.25, 0.3) is 0 Å². The fourth-order valence-electron chi connectivity index (χ4n) is 3.76. The fraction of sp³-hybridized carbons (Fsp3) is 0.481. The molecule has 0 fully saturated rings. The van der Waals surface area contributed by atoms with Gasteiger partial charge < -0.3 is 14.9 Å². The average Bonchev–Trinajstić information content (AvgIpc) is 2.75. The number of benzene rings is 1. The number of hydrogen-bond donors (Lipinski definition) is 2. The second-order valence-corrected chi connectivity index (χ2v) is 8.57. The molecule has 5 nitrogen and oxygen atoms in total. The molecule has 1 aromatic rings. The molecule has 0 radical (unpaired) electrons. The number of hydrogen-bond acceptors (Lipinski definition) is 5. The lowest BCUT2D eigenvalue weighted by atomic mass is 9.85. The number of Topliss-reactive ketones (excluding diaryl/α,β-unsaturated/α-hetero) is 1. The molecule has 1 aliphatic carbocycles. The third kappa shape index (κ3) is 7.11. The first kappa shape index (κ1) is 25.4. The molecular formula is C27H36O5. The van der Waals surface area contributed by atoms with Crippen molar-refractivity contribution in [2.45, 2.75) is 84.7 Å². The zero-order valence-corrected chi connectivity index (χ0v) is 19.5. The van der Waals surface area contributed by atoms with Crippen LogP contribution in [-0.2, 0) is 4.74 Å². The van der Waals surface area contributed by atoms with Crippen LogP contribution in [0.5, 0.6) is 11.5 Å². The van der Waals surface area contributed by atoms with Gasteiger partial charge in [0.2, 0.25) is 0 Å². The summed E-state index contributed by atoms with van der Waals surface area (Å²) in [6.45, 7) is 6.12. The molecule has 1 unspecified atom stereocenters. The smallest absolute Gasteiger partial charge is 0.197 e. The molecule has 0 amide bonds. The molecule has 0 aromatic heterocycles. The van der Waals surface area contributed by atoms with Gasteiger partial charge in [-0.25, -0.2) is 0 Å². The Bertz CT molecular complexity index is 888. The van der Waals surface area contributed by atoms with E-state index in [9.17, 15) is 19.8 Å². The molecule has 0 aliphatic heterocycles. The molecule has 0 spiro atoms. The van der Waals surface area contributed by atoms with E-state index in [1.54, 1.807) is 6.26 Å². The van der Waals surface area contributed by atoms with E-state index < -0.39 is 17.7 Å². The van der Waals surface area contributed by atoms with Gasteiger partial charge in [-0.3, -0.25) is 9.59 Å². The van der Waals surface area contributed by atoms with E-state index in [0.29, 0.717) is 6.42 Å². The van der Waals surface area contributed by atoms with Gasteiger partial charge in [0, 0.05) is 12.0 Å². The summed E-state index contributed by atoms with van der Waals surface area (Å²) in [5.41, 5.74) is 0.933. The predicted octanol–water partition coefficient (Wildman–Crippen LogP) is 6.80. The summed E-state index contributed by atoms with van der Waals surface area (Å²) in [5, 5.41) is 20.2. The van der Waals surface area contributed by atoms with Crippen LogP contribution in [0.4, 0.5) is 0 Å². The minimum atomic E-state index is -0.651. The van der Waals surface area contributed by atoms with E-state index in [1.807, 2.05) is 26.0 Å². The lowest BCUT2D eigenvalue weighted by Gasteiger charge is -2.23. The number of ketones is 2. The van der Waals surface area contributed by atoms with Gasteiger partial charge in [0.15, 0.2) is 11.6 Å². The lowest BCUT2D eigenvalue weighted by Crippen LogP contribution is -2.26. The predicted molar refractivity (Wildman–Crippen MR) is 127 cm³/mol. The van der Waals surface area contributed by atoms with Crippen molar-refractivity contribution in [1.82, 2.24) is 0 Å². The Labute approximate surface area is 191 Å². The van der Waals surface area contributed by atoms with E-state index in [-0.39, 0.29) is 28.2 Å². The topological polar surface area (TPSA) is 83.8 Å². The summed E-state index contributed by atoms with van der Waals surface area (Å²) in [6.07, 6.45) is 16.1. The molecule has 0 bridgehead atoms. The van der Waals surface area contributed by atoms with Gasteiger partial charge in [0.05, 0.1) is 17.4 Å². The summed E-state index contributed by atoms with van der Waals surface area (Å²) in [4.78, 5) is 25.7. The maximum Gasteiger partial charge on any atom is 0.197 e. The van der Waals surface area contributed by atoms with Gasteiger partial charge in [0.1, 0.15) is 17.6 Å². The lowest BCUT2D eigenvalue weighted by molar-refractivity contribution is 0.0931. The molecule has 2 rings (SSSR count). The Balaban J connectivity index is 2.04. The number of aromatic hydroxyl groups is 2. The molecule has 1 atom stereocenters. The van der Waals surface area contributed by atoms with Gasteiger partial charge in [0.25, 0.3) is 0 Å². The minimum absolute atomic E-state index is 0.158. The van der Waals surface area contributed by atoms with E-state index >= 15 is 0 Å². The highest BCUT2D eigenvalue weighted by Gasteiger charge is 2.34. The van der Waals surface area contributed by atoms with Crippen LogP contribution in [0.15, 0.2) is 47.8 Å². The zero-order valence-electron chi connectivity index (χ0n) is 19.5. The van der Waals surface area contributed by atoms with E-state index in [1.165, 1.54) is 56.7 Å². The highest BCUT2D eigenvalue weighted by atomic mass is 16.5.